The Morgan fingerprint density at radius 1 is 1.33 bits per heavy atom. The molecule has 6 heteroatoms. The van der Waals surface area contributed by atoms with E-state index >= 15 is 0 Å². The molecule has 0 unspecified atom stereocenters. The molecule has 0 bridgehead atoms. The van der Waals surface area contributed by atoms with Crippen LogP contribution in [0.4, 0.5) is 0 Å². The summed E-state index contributed by atoms with van der Waals surface area (Å²) in [5.41, 5.74) is 0.00938. The largest absolute Gasteiger partial charge is 0.378 e. The fourth-order valence-corrected chi connectivity index (χ4v) is 4.37. The molecule has 2 aliphatic carbocycles. The molecule has 2 rings (SSSR count). The van der Waals surface area contributed by atoms with Crippen LogP contribution >= 0.6 is 0 Å². The fourth-order valence-electron chi connectivity index (χ4n) is 3.71. The van der Waals surface area contributed by atoms with E-state index < -0.39 is 10.2 Å². The Morgan fingerprint density at radius 2 is 1.94 bits per heavy atom. The van der Waals surface area contributed by atoms with Crippen LogP contribution < -0.4 is 5.14 Å². The van der Waals surface area contributed by atoms with Crippen molar-refractivity contribution in [3.8, 4) is 0 Å². The van der Waals surface area contributed by atoms with Gasteiger partial charge in [0.05, 0.1) is 6.10 Å². The van der Waals surface area contributed by atoms with Gasteiger partial charge in [-0.25, -0.2) is 5.14 Å². The van der Waals surface area contributed by atoms with Gasteiger partial charge in [-0.1, -0.05) is 19.3 Å². The van der Waals surface area contributed by atoms with E-state index in [-0.39, 0.29) is 17.6 Å². The first-order valence-corrected chi connectivity index (χ1v) is 8.29. The predicted octanol–water partition coefficient (Wildman–Crippen LogP) is 1.25. The van der Waals surface area contributed by atoms with Gasteiger partial charge in [-0.15, -0.1) is 0 Å². The van der Waals surface area contributed by atoms with E-state index in [1.54, 1.807) is 7.05 Å². The van der Waals surface area contributed by atoms with Crippen LogP contribution in [0.3, 0.4) is 0 Å². The Balaban J connectivity index is 2.17. The molecule has 2 aliphatic rings. The van der Waals surface area contributed by atoms with Crippen LogP contribution in [0.15, 0.2) is 0 Å². The first-order chi connectivity index (χ1) is 8.42. The van der Waals surface area contributed by atoms with Crippen molar-refractivity contribution in [1.82, 2.24) is 4.31 Å². The minimum absolute atomic E-state index is 0.00938. The fraction of sp³-hybridized carbons (Fsp3) is 1.00. The molecule has 0 radical (unpaired) electrons. The highest BCUT2D eigenvalue weighted by atomic mass is 32.2. The van der Waals surface area contributed by atoms with Crippen molar-refractivity contribution < 1.29 is 13.2 Å². The van der Waals surface area contributed by atoms with E-state index in [0.29, 0.717) is 6.61 Å². The molecular weight excluding hydrogens is 252 g/mol. The molecule has 2 saturated carbocycles. The lowest BCUT2D eigenvalue weighted by molar-refractivity contribution is -0.164. The van der Waals surface area contributed by atoms with Gasteiger partial charge in [0, 0.05) is 25.1 Å². The van der Waals surface area contributed by atoms with Gasteiger partial charge in [0.2, 0.25) is 0 Å². The zero-order valence-electron chi connectivity index (χ0n) is 11.3. The standard InChI is InChI=1S/C12H24N2O3S/c1-3-17-11-9-10(14(2)18(13,15)16)12(11)7-5-4-6-8-12/h10-11H,3-9H2,1-2H3,(H2,13,15,16)/t10-,11-/m0/s1. The van der Waals surface area contributed by atoms with Gasteiger partial charge >= 0.3 is 0 Å². The highest BCUT2D eigenvalue weighted by molar-refractivity contribution is 7.86. The molecule has 0 aromatic heterocycles. The minimum atomic E-state index is -3.60. The summed E-state index contributed by atoms with van der Waals surface area (Å²) in [6.45, 7) is 2.69. The molecule has 5 nitrogen and oxygen atoms in total. The number of nitrogens with two attached hydrogens (primary N) is 1. The van der Waals surface area contributed by atoms with E-state index in [1.165, 1.54) is 23.6 Å². The Kier molecular flexibility index (Phi) is 4.02. The van der Waals surface area contributed by atoms with Crippen molar-refractivity contribution in [3.05, 3.63) is 0 Å². The van der Waals surface area contributed by atoms with Gasteiger partial charge in [-0.05, 0) is 26.2 Å². The van der Waals surface area contributed by atoms with E-state index in [2.05, 4.69) is 0 Å². The van der Waals surface area contributed by atoms with Crippen molar-refractivity contribution in [2.75, 3.05) is 13.7 Å². The summed E-state index contributed by atoms with van der Waals surface area (Å²) in [6, 6.07) is 0.0179. The van der Waals surface area contributed by atoms with Crippen molar-refractivity contribution in [1.29, 1.82) is 0 Å². The maximum absolute atomic E-state index is 11.5. The summed E-state index contributed by atoms with van der Waals surface area (Å²) >= 11 is 0. The van der Waals surface area contributed by atoms with Gasteiger partial charge in [-0.3, -0.25) is 0 Å². The quantitative estimate of drug-likeness (QED) is 0.840. The highest BCUT2D eigenvalue weighted by Crippen LogP contribution is 2.55. The van der Waals surface area contributed by atoms with Crippen LogP contribution in [-0.4, -0.2) is 38.5 Å². The van der Waals surface area contributed by atoms with Gasteiger partial charge in [-0.2, -0.15) is 12.7 Å². The second-order valence-corrected chi connectivity index (χ2v) is 7.16. The van der Waals surface area contributed by atoms with Gasteiger partial charge < -0.3 is 4.74 Å². The zero-order chi connectivity index (χ0) is 13.4. The average molecular weight is 276 g/mol. The molecular formula is C12H24N2O3S. The SMILES string of the molecule is CCO[C@H]1C[C@H](N(C)S(N)(=O)=O)C12CCCCC2. The molecule has 2 fully saturated rings. The van der Waals surface area contributed by atoms with Crippen LogP contribution in [0.1, 0.15) is 45.4 Å². The average Bonchev–Trinajstić information content (AvgIpc) is 2.33. The molecule has 0 aromatic carbocycles. The predicted molar refractivity (Wildman–Crippen MR) is 70.2 cm³/mol. The van der Waals surface area contributed by atoms with Crippen molar-refractivity contribution in [2.24, 2.45) is 10.6 Å². The van der Waals surface area contributed by atoms with Gasteiger partial charge in [0.15, 0.2) is 0 Å². The number of hydrogen-bond donors (Lipinski definition) is 1. The van der Waals surface area contributed by atoms with Crippen molar-refractivity contribution in [3.63, 3.8) is 0 Å². The molecule has 18 heavy (non-hydrogen) atoms. The highest BCUT2D eigenvalue weighted by Gasteiger charge is 2.58. The normalized spacial score (nSPS) is 31.6. The third-order valence-corrected chi connectivity index (χ3v) is 5.79. The van der Waals surface area contributed by atoms with Crippen LogP contribution in [0.5, 0.6) is 0 Å². The summed E-state index contributed by atoms with van der Waals surface area (Å²) in [6.07, 6.45) is 6.67. The minimum Gasteiger partial charge on any atom is -0.378 e. The Morgan fingerprint density at radius 3 is 2.44 bits per heavy atom. The maximum atomic E-state index is 11.5. The van der Waals surface area contributed by atoms with E-state index in [1.807, 2.05) is 6.92 Å². The third-order valence-electron chi connectivity index (χ3n) is 4.73. The Hall–Kier alpha value is -0.170. The second kappa shape index (κ2) is 5.07. The van der Waals surface area contributed by atoms with E-state index in [9.17, 15) is 8.42 Å². The third kappa shape index (κ3) is 2.31. The summed E-state index contributed by atoms with van der Waals surface area (Å²) in [7, 11) is -2.00. The van der Waals surface area contributed by atoms with Crippen LogP contribution in [0.25, 0.3) is 0 Å². The first-order valence-electron chi connectivity index (χ1n) is 6.79. The smallest absolute Gasteiger partial charge is 0.276 e. The topological polar surface area (TPSA) is 72.6 Å². The summed E-state index contributed by atoms with van der Waals surface area (Å²) in [5.74, 6) is 0. The molecule has 0 aliphatic heterocycles. The molecule has 2 N–H and O–H groups in total. The van der Waals surface area contributed by atoms with Gasteiger partial charge in [0.25, 0.3) is 10.2 Å². The molecule has 0 aromatic rings. The second-order valence-electron chi connectivity index (χ2n) is 5.55. The Labute approximate surface area is 110 Å². The number of ether oxygens (including phenoxy) is 1. The molecule has 0 saturated heterocycles. The lowest BCUT2D eigenvalue weighted by Gasteiger charge is -2.59. The van der Waals surface area contributed by atoms with Crippen molar-refractivity contribution >= 4 is 10.2 Å². The van der Waals surface area contributed by atoms with Crippen LogP contribution in [0, 0.1) is 5.41 Å². The first kappa shape index (κ1) is 14.2. The summed E-state index contributed by atoms with van der Waals surface area (Å²) < 4.78 is 30.2. The monoisotopic (exact) mass is 276 g/mol. The van der Waals surface area contributed by atoms with Crippen LogP contribution in [-0.2, 0) is 14.9 Å². The zero-order valence-corrected chi connectivity index (χ0v) is 12.1. The lowest BCUT2D eigenvalue weighted by Crippen LogP contribution is -2.66. The molecule has 2 atom stereocenters. The van der Waals surface area contributed by atoms with Gasteiger partial charge in [0.1, 0.15) is 0 Å². The molecule has 106 valence electrons. The molecule has 0 amide bonds. The maximum Gasteiger partial charge on any atom is 0.276 e. The molecule has 0 heterocycles. The number of nitrogens with zero attached hydrogens (tertiary/aromatic N) is 1. The summed E-state index contributed by atoms with van der Waals surface area (Å²) in [5, 5.41) is 5.26. The van der Waals surface area contributed by atoms with E-state index in [4.69, 9.17) is 9.88 Å². The van der Waals surface area contributed by atoms with Crippen LogP contribution in [0.2, 0.25) is 0 Å². The number of hydrogen-bond acceptors (Lipinski definition) is 3. The Bertz CT molecular complexity index is 390. The summed E-state index contributed by atoms with van der Waals surface area (Å²) in [4.78, 5) is 0. The molecule has 1 spiro atoms. The number of rotatable bonds is 4. The lowest BCUT2D eigenvalue weighted by atomic mass is 9.55. The van der Waals surface area contributed by atoms with Crippen molar-refractivity contribution in [2.45, 2.75) is 57.6 Å². The van der Waals surface area contributed by atoms with E-state index in [0.717, 1.165) is 19.3 Å².